The Bertz CT molecular complexity index is 715. The molecule has 0 bridgehead atoms. The van der Waals surface area contributed by atoms with Gasteiger partial charge in [0.05, 0.1) is 0 Å². The van der Waals surface area contributed by atoms with Crippen LogP contribution in [0.15, 0.2) is 48.5 Å². The maximum absolute atomic E-state index is 12.0. The van der Waals surface area contributed by atoms with Gasteiger partial charge in [-0.05, 0) is 54.7 Å². The molecule has 7 heteroatoms. The molecule has 26 heavy (non-hydrogen) atoms. The SMILES string of the molecule is NNCCc1ccc(NC(=O)CCCc2ccc(C(=O)NO)cc2)cc1. The Labute approximate surface area is 152 Å². The minimum atomic E-state index is -0.541. The highest BCUT2D eigenvalue weighted by molar-refractivity contribution is 5.93. The van der Waals surface area contributed by atoms with Crippen molar-refractivity contribution in [2.45, 2.75) is 25.7 Å². The number of nitrogens with two attached hydrogens (primary N) is 1. The second kappa shape index (κ2) is 10.3. The maximum Gasteiger partial charge on any atom is 0.274 e. The van der Waals surface area contributed by atoms with Crippen LogP contribution < -0.4 is 22.1 Å². The molecule has 0 radical (unpaired) electrons. The van der Waals surface area contributed by atoms with Crippen LogP contribution in [0.25, 0.3) is 0 Å². The first-order chi connectivity index (χ1) is 12.6. The number of carbonyl (C=O) groups excluding carboxylic acids is 2. The van der Waals surface area contributed by atoms with Crippen molar-refractivity contribution in [1.29, 1.82) is 0 Å². The lowest BCUT2D eigenvalue weighted by atomic mass is 10.1. The van der Waals surface area contributed by atoms with Gasteiger partial charge in [-0.25, -0.2) is 5.48 Å². The van der Waals surface area contributed by atoms with Crippen LogP contribution in [0.3, 0.4) is 0 Å². The number of benzene rings is 2. The van der Waals surface area contributed by atoms with E-state index in [0.29, 0.717) is 24.9 Å². The third kappa shape index (κ3) is 6.29. The van der Waals surface area contributed by atoms with Crippen LogP contribution in [0.1, 0.15) is 34.3 Å². The first kappa shape index (κ1) is 19.6. The van der Waals surface area contributed by atoms with Gasteiger partial charge in [-0.2, -0.15) is 0 Å². The van der Waals surface area contributed by atoms with Crippen molar-refractivity contribution in [3.8, 4) is 0 Å². The Kier molecular flexibility index (Phi) is 7.75. The van der Waals surface area contributed by atoms with Gasteiger partial charge in [-0.15, -0.1) is 0 Å². The summed E-state index contributed by atoms with van der Waals surface area (Å²) in [5, 5.41) is 11.5. The van der Waals surface area contributed by atoms with Gasteiger partial charge in [0.1, 0.15) is 0 Å². The highest BCUT2D eigenvalue weighted by Gasteiger charge is 2.05. The van der Waals surface area contributed by atoms with E-state index in [4.69, 9.17) is 11.0 Å². The summed E-state index contributed by atoms with van der Waals surface area (Å²) in [6, 6.07) is 14.6. The van der Waals surface area contributed by atoms with Crippen LogP contribution in [-0.4, -0.2) is 23.6 Å². The molecule has 0 spiro atoms. The predicted octanol–water partition coefficient (Wildman–Crippen LogP) is 1.77. The summed E-state index contributed by atoms with van der Waals surface area (Å²) in [7, 11) is 0. The zero-order valence-electron chi connectivity index (χ0n) is 14.5. The predicted molar refractivity (Wildman–Crippen MR) is 99.6 cm³/mol. The standard InChI is InChI=1S/C19H24N4O3/c20-21-13-12-15-6-10-17(11-7-15)22-18(24)3-1-2-14-4-8-16(9-5-14)19(25)23-26/h4-11,21,26H,1-3,12-13,20H2,(H,22,24)(H,23,25). The van der Waals surface area contributed by atoms with E-state index in [9.17, 15) is 9.59 Å². The van der Waals surface area contributed by atoms with Gasteiger partial charge < -0.3 is 5.32 Å². The fraction of sp³-hybridized carbons (Fsp3) is 0.263. The summed E-state index contributed by atoms with van der Waals surface area (Å²) in [6.07, 6.45) is 2.69. The van der Waals surface area contributed by atoms with Gasteiger partial charge in [0.15, 0.2) is 0 Å². The van der Waals surface area contributed by atoms with Crippen molar-refractivity contribution in [1.82, 2.24) is 10.9 Å². The molecular weight excluding hydrogens is 332 g/mol. The van der Waals surface area contributed by atoms with E-state index in [1.165, 1.54) is 0 Å². The smallest absolute Gasteiger partial charge is 0.274 e. The van der Waals surface area contributed by atoms with E-state index in [1.54, 1.807) is 17.6 Å². The second-order valence-corrected chi connectivity index (χ2v) is 5.94. The zero-order valence-corrected chi connectivity index (χ0v) is 14.5. The highest BCUT2D eigenvalue weighted by atomic mass is 16.5. The van der Waals surface area contributed by atoms with E-state index in [0.717, 1.165) is 29.7 Å². The molecule has 6 N–H and O–H groups in total. The molecule has 0 heterocycles. The lowest BCUT2D eigenvalue weighted by Crippen LogP contribution is -2.24. The molecule has 7 nitrogen and oxygen atoms in total. The molecule has 0 fully saturated rings. The van der Waals surface area contributed by atoms with Crippen LogP contribution in [0.5, 0.6) is 0 Å². The van der Waals surface area contributed by atoms with E-state index < -0.39 is 5.91 Å². The number of anilines is 1. The third-order valence-corrected chi connectivity index (χ3v) is 3.98. The normalized spacial score (nSPS) is 10.4. The second-order valence-electron chi connectivity index (χ2n) is 5.94. The topological polar surface area (TPSA) is 116 Å². The molecule has 0 unspecified atom stereocenters. The number of nitrogens with one attached hydrogen (secondary N) is 3. The minimum Gasteiger partial charge on any atom is -0.326 e. The maximum atomic E-state index is 12.0. The summed E-state index contributed by atoms with van der Waals surface area (Å²) in [5.74, 6) is 4.68. The number of rotatable bonds is 9. The molecule has 0 aliphatic rings. The molecular formula is C19H24N4O3. The average Bonchev–Trinajstić information content (AvgIpc) is 2.67. The molecule has 0 saturated heterocycles. The number of carbonyl (C=O) groups is 2. The lowest BCUT2D eigenvalue weighted by molar-refractivity contribution is -0.116. The van der Waals surface area contributed by atoms with E-state index in [1.807, 2.05) is 36.4 Å². The molecule has 0 aliphatic carbocycles. The first-order valence-electron chi connectivity index (χ1n) is 8.48. The summed E-state index contributed by atoms with van der Waals surface area (Å²) in [4.78, 5) is 23.3. The number of hydrazine groups is 1. The number of amides is 2. The largest absolute Gasteiger partial charge is 0.326 e. The van der Waals surface area contributed by atoms with Crippen LogP contribution in [0.2, 0.25) is 0 Å². The molecule has 2 aromatic carbocycles. The van der Waals surface area contributed by atoms with Crippen molar-refractivity contribution in [3.63, 3.8) is 0 Å². The summed E-state index contributed by atoms with van der Waals surface area (Å²) >= 11 is 0. The summed E-state index contributed by atoms with van der Waals surface area (Å²) < 4.78 is 0. The van der Waals surface area contributed by atoms with E-state index >= 15 is 0 Å². The Hall–Kier alpha value is -2.74. The summed E-state index contributed by atoms with van der Waals surface area (Å²) in [5.41, 5.74) is 7.56. The van der Waals surface area contributed by atoms with Gasteiger partial charge in [0, 0.05) is 24.2 Å². The number of hydroxylamine groups is 1. The van der Waals surface area contributed by atoms with E-state index in [-0.39, 0.29) is 5.91 Å². The third-order valence-electron chi connectivity index (χ3n) is 3.98. The zero-order chi connectivity index (χ0) is 18.8. The van der Waals surface area contributed by atoms with Crippen molar-refractivity contribution < 1.29 is 14.8 Å². The van der Waals surface area contributed by atoms with Gasteiger partial charge in [-0.1, -0.05) is 24.3 Å². The molecule has 0 aromatic heterocycles. The average molecular weight is 356 g/mol. The lowest BCUT2D eigenvalue weighted by Gasteiger charge is -2.07. The number of hydrogen-bond acceptors (Lipinski definition) is 5. The molecule has 2 rings (SSSR count). The molecule has 2 aromatic rings. The fourth-order valence-electron chi connectivity index (χ4n) is 2.54. The Morgan fingerprint density at radius 3 is 2.15 bits per heavy atom. The molecule has 2 amide bonds. The van der Waals surface area contributed by atoms with Crippen molar-refractivity contribution in [2.75, 3.05) is 11.9 Å². The van der Waals surface area contributed by atoms with Gasteiger partial charge >= 0.3 is 0 Å². The Morgan fingerprint density at radius 1 is 0.923 bits per heavy atom. The Morgan fingerprint density at radius 2 is 1.54 bits per heavy atom. The van der Waals surface area contributed by atoms with Gasteiger partial charge in [0.2, 0.25) is 5.91 Å². The number of aryl methyl sites for hydroxylation is 1. The minimum absolute atomic E-state index is 0.0300. The van der Waals surface area contributed by atoms with Gasteiger partial charge in [0.25, 0.3) is 5.91 Å². The molecule has 0 saturated carbocycles. The first-order valence-corrected chi connectivity index (χ1v) is 8.48. The van der Waals surface area contributed by atoms with Crippen LogP contribution >= 0.6 is 0 Å². The Balaban J connectivity index is 1.74. The van der Waals surface area contributed by atoms with E-state index in [2.05, 4.69) is 10.7 Å². The highest BCUT2D eigenvalue weighted by Crippen LogP contribution is 2.12. The van der Waals surface area contributed by atoms with Crippen LogP contribution in [0, 0.1) is 0 Å². The number of hydrogen-bond donors (Lipinski definition) is 5. The van der Waals surface area contributed by atoms with Crippen molar-refractivity contribution in [3.05, 3.63) is 65.2 Å². The van der Waals surface area contributed by atoms with Crippen LogP contribution in [-0.2, 0) is 17.6 Å². The van der Waals surface area contributed by atoms with Gasteiger partial charge in [-0.3, -0.25) is 26.1 Å². The monoisotopic (exact) mass is 356 g/mol. The van der Waals surface area contributed by atoms with Crippen LogP contribution in [0.4, 0.5) is 5.69 Å². The summed E-state index contributed by atoms with van der Waals surface area (Å²) in [6.45, 7) is 0.706. The molecule has 0 aliphatic heterocycles. The fourth-order valence-corrected chi connectivity index (χ4v) is 2.54. The molecule has 138 valence electrons. The van der Waals surface area contributed by atoms with Crippen molar-refractivity contribution in [2.24, 2.45) is 5.84 Å². The van der Waals surface area contributed by atoms with Crippen molar-refractivity contribution >= 4 is 17.5 Å². The molecule has 0 atom stereocenters. The quantitative estimate of drug-likeness (QED) is 0.267.